The van der Waals surface area contributed by atoms with E-state index in [0.29, 0.717) is 12.8 Å². The molecule has 24 heavy (non-hydrogen) atoms. The Morgan fingerprint density at radius 3 is 2.58 bits per heavy atom. The number of halogens is 3. The number of benzene rings is 1. The molecule has 0 aliphatic carbocycles. The van der Waals surface area contributed by atoms with Gasteiger partial charge in [0.15, 0.2) is 5.69 Å². The summed E-state index contributed by atoms with van der Waals surface area (Å²) in [4.78, 5) is 12.1. The van der Waals surface area contributed by atoms with Crippen molar-refractivity contribution in [2.45, 2.75) is 38.1 Å². The molecule has 1 N–H and O–H groups in total. The number of amides is 1. The summed E-state index contributed by atoms with van der Waals surface area (Å²) in [7, 11) is 0. The van der Waals surface area contributed by atoms with Gasteiger partial charge >= 0.3 is 6.18 Å². The molecule has 1 aromatic heterocycles. The Morgan fingerprint density at radius 2 is 2.00 bits per heavy atom. The van der Waals surface area contributed by atoms with Crippen LogP contribution in [0.1, 0.15) is 25.5 Å². The molecule has 2 aromatic rings. The van der Waals surface area contributed by atoms with Gasteiger partial charge in [0, 0.05) is 0 Å². The molecule has 8 heteroatoms. The van der Waals surface area contributed by atoms with Crippen molar-refractivity contribution < 1.29 is 22.7 Å². The maximum absolute atomic E-state index is 13.5. The van der Waals surface area contributed by atoms with Crippen molar-refractivity contribution in [2.75, 3.05) is 5.32 Å². The van der Waals surface area contributed by atoms with E-state index < -0.39 is 23.9 Å². The van der Waals surface area contributed by atoms with E-state index in [1.54, 1.807) is 18.2 Å². The quantitative estimate of drug-likeness (QED) is 0.932. The maximum Gasteiger partial charge on any atom is 0.435 e. The molecule has 0 radical (unpaired) electrons. The number of hydrogen-bond donors (Lipinski definition) is 1. The molecule has 1 aliphatic heterocycles. The molecule has 1 saturated heterocycles. The summed E-state index contributed by atoms with van der Waals surface area (Å²) < 4.78 is 46.6. The monoisotopic (exact) mass is 339 g/mol. The number of rotatable bonds is 3. The number of carbonyl (C=O) groups is 1. The van der Waals surface area contributed by atoms with Crippen LogP contribution in [-0.4, -0.2) is 27.9 Å². The van der Waals surface area contributed by atoms with E-state index in [4.69, 9.17) is 4.74 Å². The van der Waals surface area contributed by atoms with Gasteiger partial charge in [-0.15, -0.1) is 0 Å². The van der Waals surface area contributed by atoms with E-state index in [1.165, 1.54) is 12.1 Å². The molecule has 3 rings (SSSR count). The highest BCUT2D eigenvalue weighted by molar-refractivity contribution is 5.94. The van der Waals surface area contributed by atoms with Gasteiger partial charge in [0.05, 0.1) is 23.7 Å². The van der Waals surface area contributed by atoms with Crippen LogP contribution in [0.25, 0.3) is 5.69 Å². The minimum atomic E-state index is -4.67. The predicted octanol–water partition coefficient (Wildman–Crippen LogP) is 3.40. The van der Waals surface area contributed by atoms with Crippen LogP contribution in [0.15, 0.2) is 36.5 Å². The van der Waals surface area contributed by atoms with E-state index in [9.17, 15) is 18.0 Å². The molecular formula is C16H16F3N3O2. The zero-order valence-corrected chi connectivity index (χ0v) is 12.9. The number of ether oxygens (including phenoxy) is 1. The number of aromatic nitrogens is 2. The highest BCUT2D eigenvalue weighted by Crippen LogP contribution is 2.36. The van der Waals surface area contributed by atoms with Gasteiger partial charge in [0.25, 0.3) is 5.91 Å². The van der Waals surface area contributed by atoms with Gasteiger partial charge in [0.2, 0.25) is 0 Å². The number of hydrogen-bond acceptors (Lipinski definition) is 3. The van der Waals surface area contributed by atoms with Crippen LogP contribution < -0.4 is 5.32 Å². The van der Waals surface area contributed by atoms with Crippen LogP contribution in [0.2, 0.25) is 0 Å². The molecular weight excluding hydrogens is 323 g/mol. The lowest BCUT2D eigenvalue weighted by Crippen LogP contribution is -2.28. The second-order valence-corrected chi connectivity index (χ2v) is 5.65. The summed E-state index contributed by atoms with van der Waals surface area (Å²) in [6.07, 6.45) is -3.28. The van der Waals surface area contributed by atoms with E-state index in [1.807, 2.05) is 6.92 Å². The van der Waals surface area contributed by atoms with Crippen molar-refractivity contribution in [1.29, 1.82) is 0 Å². The van der Waals surface area contributed by atoms with Crippen LogP contribution in [-0.2, 0) is 15.7 Å². The minimum Gasteiger partial charge on any atom is -0.365 e. The van der Waals surface area contributed by atoms with Crippen LogP contribution in [0.3, 0.4) is 0 Å². The minimum absolute atomic E-state index is 0.0742. The molecule has 0 spiro atoms. The Balaban J connectivity index is 1.91. The summed E-state index contributed by atoms with van der Waals surface area (Å²) in [5.41, 5.74) is -1.14. The van der Waals surface area contributed by atoms with Gasteiger partial charge < -0.3 is 10.1 Å². The lowest BCUT2D eigenvalue weighted by atomic mass is 10.2. The summed E-state index contributed by atoms with van der Waals surface area (Å²) in [5, 5.41) is 6.09. The average Bonchev–Trinajstić information content (AvgIpc) is 3.14. The lowest BCUT2D eigenvalue weighted by molar-refractivity contribution is -0.142. The first-order valence-electron chi connectivity index (χ1n) is 7.53. The first kappa shape index (κ1) is 16.5. The molecule has 0 bridgehead atoms. The van der Waals surface area contributed by atoms with Gasteiger partial charge in [-0.25, -0.2) is 4.68 Å². The second kappa shape index (κ2) is 6.27. The zero-order valence-electron chi connectivity index (χ0n) is 12.9. The van der Waals surface area contributed by atoms with Crippen LogP contribution >= 0.6 is 0 Å². The predicted molar refractivity (Wildman–Crippen MR) is 80.8 cm³/mol. The third kappa shape index (κ3) is 3.28. The number of nitrogens with one attached hydrogen (secondary N) is 1. The largest absolute Gasteiger partial charge is 0.435 e. The molecule has 1 aliphatic rings. The smallest absolute Gasteiger partial charge is 0.365 e. The molecule has 5 nitrogen and oxygen atoms in total. The van der Waals surface area contributed by atoms with Crippen molar-refractivity contribution >= 4 is 11.6 Å². The van der Waals surface area contributed by atoms with Crippen LogP contribution in [0.5, 0.6) is 0 Å². The molecule has 0 saturated carbocycles. The fraction of sp³-hybridized carbons (Fsp3) is 0.375. The Hall–Kier alpha value is -2.35. The molecule has 2 unspecified atom stereocenters. The first-order valence-corrected chi connectivity index (χ1v) is 7.53. The number of carbonyl (C=O) groups excluding carboxylic acids is 1. The van der Waals surface area contributed by atoms with E-state index >= 15 is 0 Å². The summed E-state index contributed by atoms with van der Waals surface area (Å²) >= 11 is 0. The van der Waals surface area contributed by atoms with E-state index in [-0.39, 0.29) is 17.5 Å². The Labute approximate surface area is 136 Å². The topological polar surface area (TPSA) is 56.2 Å². The summed E-state index contributed by atoms with van der Waals surface area (Å²) in [6, 6.07) is 7.94. The average molecular weight is 339 g/mol. The van der Waals surface area contributed by atoms with Crippen molar-refractivity contribution in [3.8, 4) is 5.69 Å². The highest BCUT2D eigenvalue weighted by atomic mass is 19.4. The molecule has 2 atom stereocenters. The first-order chi connectivity index (χ1) is 11.4. The second-order valence-electron chi connectivity index (χ2n) is 5.65. The Bertz CT molecular complexity index is 728. The molecule has 1 amide bonds. The van der Waals surface area contributed by atoms with Crippen molar-refractivity contribution in [3.63, 3.8) is 0 Å². The Morgan fingerprint density at radius 1 is 1.29 bits per heavy atom. The van der Waals surface area contributed by atoms with Crippen molar-refractivity contribution in [2.24, 2.45) is 0 Å². The summed E-state index contributed by atoms with van der Waals surface area (Å²) in [5.74, 6) is -0.586. The fourth-order valence-electron chi connectivity index (χ4n) is 2.69. The van der Waals surface area contributed by atoms with Crippen molar-refractivity contribution in [1.82, 2.24) is 9.78 Å². The molecule has 128 valence electrons. The van der Waals surface area contributed by atoms with E-state index in [2.05, 4.69) is 10.4 Å². The zero-order chi connectivity index (χ0) is 17.3. The molecule has 2 heterocycles. The molecule has 1 aromatic carbocycles. The van der Waals surface area contributed by atoms with E-state index in [0.717, 1.165) is 10.9 Å². The fourth-order valence-corrected chi connectivity index (χ4v) is 2.69. The third-order valence-electron chi connectivity index (χ3n) is 3.82. The summed E-state index contributed by atoms with van der Waals surface area (Å²) in [6.45, 7) is 1.82. The van der Waals surface area contributed by atoms with Gasteiger partial charge in [-0.05, 0) is 31.9 Å². The van der Waals surface area contributed by atoms with Gasteiger partial charge in [-0.2, -0.15) is 18.3 Å². The lowest BCUT2D eigenvalue weighted by Gasteiger charge is -2.15. The van der Waals surface area contributed by atoms with Crippen molar-refractivity contribution in [3.05, 3.63) is 42.2 Å². The SMILES string of the molecule is CC1CCC(C(=O)Nc2cnn(-c3ccccc3)c2C(F)(F)F)O1. The Kier molecular flexibility index (Phi) is 4.31. The number of para-hydroxylation sites is 1. The molecule has 1 fully saturated rings. The number of alkyl halides is 3. The van der Waals surface area contributed by atoms with Crippen LogP contribution in [0.4, 0.5) is 18.9 Å². The number of nitrogens with zero attached hydrogens (tertiary/aromatic N) is 2. The number of anilines is 1. The van der Waals surface area contributed by atoms with Gasteiger partial charge in [-0.1, -0.05) is 18.2 Å². The van der Waals surface area contributed by atoms with Crippen LogP contribution in [0, 0.1) is 0 Å². The normalized spacial score (nSPS) is 21.0. The third-order valence-corrected chi connectivity index (χ3v) is 3.82. The standard InChI is InChI=1S/C16H16F3N3O2/c1-10-7-8-13(24-10)15(23)21-12-9-20-22(14(12)16(17,18)19)11-5-3-2-4-6-11/h2-6,9-10,13H,7-8H2,1H3,(H,21,23). The maximum atomic E-state index is 13.5. The van der Waals surface area contributed by atoms with Gasteiger partial charge in [-0.3, -0.25) is 4.79 Å². The van der Waals surface area contributed by atoms with Gasteiger partial charge in [0.1, 0.15) is 6.10 Å². The highest BCUT2D eigenvalue weighted by Gasteiger charge is 2.40.